The van der Waals surface area contributed by atoms with Gasteiger partial charge in [0.25, 0.3) is 0 Å². The second-order valence-electron chi connectivity index (χ2n) is 5.98. The Balaban J connectivity index is 1.88. The third-order valence-corrected chi connectivity index (χ3v) is 3.68. The van der Waals surface area contributed by atoms with E-state index in [-0.39, 0.29) is 18.1 Å². The monoisotopic (exact) mass is 247 g/mol. The van der Waals surface area contributed by atoms with Gasteiger partial charge < -0.3 is 10.4 Å². The molecule has 0 radical (unpaired) electrons. The Bertz CT molecular complexity index is 440. The molecule has 0 aromatic heterocycles. The maximum Gasteiger partial charge on any atom is 0.224 e. The van der Waals surface area contributed by atoms with Gasteiger partial charge in [-0.1, -0.05) is 32.0 Å². The molecule has 0 saturated heterocycles. The van der Waals surface area contributed by atoms with Gasteiger partial charge in [0.05, 0.1) is 6.42 Å². The summed E-state index contributed by atoms with van der Waals surface area (Å²) in [6.07, 6.45) is 3.51. The van der Waals surface area contributed by atoms with E-state index in [0.29, 0.717) is 17.0 Å². The highest BCUT2D eigenvalue weighted by atomic mass is 16.3. The molecule has 1 atom stereocenters. The van der Waals surface area contributed by atoms with E-state index < -0.39 is 0 Å². The fourth-order valence-corrected chi connectivity index (χ4v) is 2.67. The van der Waals surface area contributed by atoms with E-state index >= 15 is 0 Å². The van der Waals surface area contributed by atoms with Gasteiger partial charge in [0, 0.05) is 11.6 Å². The summed E-state index contributed by atoms with van der Waals surface area (Å²) in [5.41, 5.74) is 1.03. The minimum absolute atomic E-state index is 0.000741. The average molecular weight is 247 g/mol. The van der Waals surface area contributed by atoms with Crippen LogP contribution in [-0.4, -0.2) is 17.1 Å². The molecule has 2 rings (SSSR count). The largest absolute Gasteiger partial charge is 0.508 e. The summed E-state index contributed by atoms with van der Waals surface area (Å²) in [6, 6.07) is 7.28. The molecule has 1 amide bonds. The van der Waals surface area contributed by atoms with Crippen LogP contribution in [0, 0.1) is 5.41 Å². The number of nitrogens with one attached hydrogen (secondary N) is 1. The number of rotatable bonds is 3. The van der Waals surface area contributed by atoms with Gasteiger partial charge in [0.1, 0.15) is 5.75 Å². The van der Waals surface area contributed by atoms with Crippen LogP contribution in [-0.2, 0) is 11.2 Å². The molecule has 1 aliphatic rings. The standard InChI is InChI=1S/C15H21NO2/c1-15(2)8-7-12(10-15)16-14(18)9-11-5-3-4-6-13(11)17/h3-6,12,17H,7-10H2,1-2H3,(H,16,18). The van der Waals surface area contributed by atoms with Gasteiger partial charge in [-0.15, -0.1) is 0 Å². The predicted octanol–water partition coefficient (Wildman–Crippen LogP) is 2.63. The Hall–Kier alpha value is -1.51. The SMILES string of the molecule is CC1(C)CCC(NC(=O)Cc2ccccc2O)C1. The molecular formula is C15H21NO2. The van der Waals surface area contributed by atoms with Crippen LogP contribution in [0.4, 0.5) is 0 Å². The van der Waals surface area contributed by atoms with Gasteiger partial charge in [-0.25, -0.2) is 0 Å². The van der Waals surface area contributed by atoms with Gasteiger partial charge in [0.15, 0.2) is 0 Å². The first-order valence-electron chi connectivity index (χ1n) is 6.52. The zero-order chi connectivity index (χ0) is 13.2. The number of benzene rings is 1. The summed E-state index contributed by atoms with van der Waals surface area (Å²) in [5.74, 6) is 0.193. The summed E-state index contributed by atoms with van der Waals surface area (Å²) in [5, 5.41) is 12.7. The third kappa shape index (κ3) is 3.25. The van der Waals surface area contributed by atoms with Gasteiger partial charge in [-0.2, -0.15) is 0 Å². The lowest BCUT2D eigenvalue weighted by atomic mass is 9.92. The maximum atomic E-state index is 11.9. The van der Waals surface area contributed by atoms with Crippen molar-refractivity contribution in [2.45, 2.75) is 45.6 Å². The van der Waals surface area contributed by atoms with E-state index in [1.165, 1.54) is 0 Å². The second kappa shape index (κ2) is 5.01. The molecule has 0 aliphatic heterocycles. The maximum absolute atomic E-state index is 11.9. The number of hydrogen-bond acceptors (Lipinski definition) is 2. The topological polar surface area (TPSA) is 49.3 Å². The highest BCUT2D eigenvalue weighted by Gasteiger charge is 2.31. The first kappa shape index (κ1) is 12.9. The summed E-state index contributed by atoms with van der Waals surface area (Å²) >= 11 is 0. The number of aromatic hydroxyl groups is 1. The molecule has 98 valence electrons. The van der Waals surface area contributed by atoms with Crippen molar-refractivity contribution < 1.29 is 9.90 Å². The van der Waals surface area contributed by atoms with Crippen molar-refractivity contribution >= 4 is 5.91 Å². The number of carbonyl (C=O) groups excluding carboxylic acids is 1. The summed E-state index contributed by atoms with van der Waals surface area (Å²) in [7, 11) is 0. The van der Waals surface area contributed by atoms with Crippen LogP contribution in [0.3, 0.4) is 0 Å². The first-order chi connectivity index (χ1) is 8.46. The second-order valence-corrected chi connectivity index (χ2v) is 5.98. The molecule has 1 fully saturated rings. The van der Waals surface area contributed by atoms with Crippen LogP contribution < -0.4 is 5.32 Å². The molecule has 18 heavy (non-hydrogen) atoms. The molecule has 2 N–H and O–H groups in total. The molecule has 1 unspecified atom stereocenters. The Kier molecular flexibility index (Phi) is 3.60. The summed E-state index contributed by atoms with van der Waals surface area (Å²) in [4.78, 5) is 11.9. The van der Waals surface area contributed by atoms with E-state index in [1.54, 1.807) is 18.2 Å². The molecule has 1 aromatic rings. The molecule has 0 heterocycles. The Labute approximate surface area is 108 Å². The molecule has 0 spiro atoms. The van der Waals surface area contributed by atoms with Crippen molar-refractivity contribution in [1.82, 2.24) is 5.32 Å². The molecular weight excluding hydrogens is 226 g/mol. The van der Waals surface area contributed by atoms with Crippen LogP contribution in [0.1, 0.15) is 38.7 Å². The molecule has 1 saturated carbocycles. The number of carbonyl (C=O) groups is 1. The van der Waals surface area contributed by atoms with Crippen LogP contribution in [0.25, 0.3) is 0 Å². The fourth-order valence-electron chi connectivity index (χ4n) is 2.67. The number of para-hydroxylation sites is 1. The van der Waals surface area contributed by atoms with Crippen molar-refractivity contribution in [2.24, 2.45) is 5.41 Å². The Morgan fingerprint density at radius 1 is 1.44 bits per heavy atom. The summed E-state index contributed by atoms with van der Waals surface area (Å²) in [6.45, 7) is 4.48. The molecule has 1 aliphatic carbocycles. The zero-order valence-electron chi connectivity index (χ0n) is 11.1. The van der Waals surface area contributed by atoms with Crippen molar-refractivity contribution in [3.8, 4) is 5.75 Å². The molecule has 3 nitrogen and oxygen atoms in total. The lowest BCUT2D eigenvalue weighted by Crippen LogP contribution is -2.34. The predicted molar refractivity (Wildman–Crippen MR) is 71.4 cm³/mol. The van der Waals surface area contributed by atoms with Crippen molar-refractivity contribution in [1.29, 1.82) is 0 Å². The van der Waals surface area contributed by atoms with Crippen molar-refractivity contribution in [2.75, 3.05) is 0 Å². The van der Waals surface area contributed by atoms with Crippen LogP contribution >= 0.6 is 0 Å². The van der Waals surface area contributed by atoms with Crippen LogP contribution in [0.2, 0.25) is 0 Å². The normalized spacial score (nSPS) is 21.8. The summed E-state index contributed by atoms with van der Waals surface area (Å²) < 4.78 is 0. The van der Waals surface area contributed by atoms with E-state index in [4.69, 9.17) is 0 Å². The van der Waals surface area contributed by atoms with Gasteiger partial charge in [0.2, 0.25) is 5.91 Å². The van der Waals surface area contributed by atoms with Crippen LogP contribution in [0.5, 0.6) is 5.75 Å². The lowest BCUT2D eigenvalue weighted by Gasteiger charge is -2.18. The molecule has 0 bridgehead atoms. The highest BCUT2D eigenvalue weighted by Crippen LogP contribution is 2.36. The smallest absolute Gasteiger partial charge is 0.224 e. The Morgan fingerprint density at radius 3 is 2.78 bits per heavy atom. The highest BCUT2D eigenvalue weighted by molar-refractivity contribution is 5.79. The third-order valence-electron chi connectivity index (χ3n) is 3.68. The Morgan fingerprint density at radius 2 is 2.17 bits per heavy atom. The van der Waals surface area contributed by atoms with Crippen LogP contribution in [0.15, 0.2) is 24.3 Å². The van der Waals surface area contributed by atoms with Gasteiger partial charge in [-0.05, 0) is 30.7 Å². The number of hydrogen-bond donors (Lipinski definition) is 2. The van der Waals surface area contributed by atoms with Crippen molar-refractivity contribution in [3.63, 3.8) is 0 Å². The van der Waals surface area contributed by atoms with Gasteiger partial charge >= 0.3 is 0 Å². The minimum atomic E-state index is -0.000741. The fraction of sp³-hybridized carbons (Fsp3) is 0.533. The first-order valence-corrected chi connectivity index (χ1v) is 6.52. The van der Waals surface area contributed by atoms with E-state index in [1.807, 2.05) is 6.07 Å². The van der Waals surface area contributed by atoms with E-state index in [2.05, 4.69) is 19.2 Å². The van der Waals surface area contributed by atoms with Gasteiger partial charge in [-0.3, -0.25) is 4.79 Å². The number of phenols is 1. The van der Waals surface area contributed by atoms with Crippen molar-refractivity contribution in [3.05, 3.63) is 29.8 Å². The lowest BCUT2D eigenvalue weighted by molar-refractivity contribution is -0.121. The number of amides is 1. The quantitative estimate of drug-likeness (QED) is 0.862. The minimum Gasteiger partial charge on any atom is -0.508 e. The average Bonchev–Trinajstić information content (AvgIpc) is 2.61. The van der Waals surface area contributed by atoms with E-state index in [9.17, 15) is 9.90 Å². The molecule has 3 heteroatoms. The zero-order valence-corrected chi connectivity index (χ0v) is 11.1. The molecule has 1 aromatic carbocycles. The number of phenolic OH excluding ortho intramolecular Hbond substituents is 1. The van der Waals surface area contributed by atoms with E-state index in [0.717, 1.165) is 19.3 Å².